The smallest absolute Gasteiger partial charge is 0.418 e. The zero-order valence-corrected chi connectivity index (χ0v) is 21.1. The van der Waals surface area contributed by atoms with Crippen LogP contribution in [-0.2, 0) is 11.8 Å². The van der Waals surface area contributed by atoms with E-state index < -0.39 is 58.7 Å². The third-order valence-electron chi connectivity index (χ3n) is 7.43. The first-order chi connectivity index (χ1) is 18.1. The normalized spacial score (nSPS) is 29.6. The number of benzene rings is 1. The summed E-state index contributed by atoms with van der Waals surface area (Å²) in [7, 11) is 0. The molecule has 1 aliphatic heterocycles. The van der Waals surface area contributed by atoms with Gasteiger partial charge in [0.2, 0.25) is 5.95 Å². The summed E-state index contributed by atoms with van der Waals surface area (Å²) in [5, 5.41) is 16.5. The molecule has 1 saturated heterocycles. The Labute approximate surface area is 219 Å². The molecule has 0 amide bonds. The molecular weight excluding hydrogens is 533 g/mol. The van der Waals surface area contributed by atoms with Crippen LogP contribution in [0.15, 0.2) is 30.5 Å². The van der Waals surface area contributed by atoms with E-state index in [0.29, 0.717) is 0 Å². The van der Waals surface area contributed by atoms with E-state index in [1.807, 2.05) is 0 Å². The Balaban J connectivity index is 1.38. The van der Waals surface area contributed by atoms with Crippen molar-refractivity contribution < 1.29 is 40.6 Å². The summed E-state index contributed by atoms with van der Waals surface area (Å²) in [6.45, 7) is 3.03. The van der Waals surface area contributed by atoms with Crippen molar-refractivity contribution in [1.82, 2.24) is 20.1 Å². The first-order valence-corrected chi connectivity index (χ1v) is 12.5. The van der Waals surface area contributed by atoms with E-state index in [2.05, 4.69) is 15.4 Å². The van der Waals surface area contributed by atoms with E-state index in [-0.39, 0.29) is 55.0 Å². The molecule has 3 unspecified atom stereocenters. The van der Waals surface area contributed by atoms with Crippen molar-refractivity contribution in [3.8, 4) is 5.75 Å². The quantitative estimate of drug-likeness (QED) is 0.362. The van der Waals surface area contributed by atoms with Crippen LogP contribution in [0.3, 0.4) is 0 Å². The molecule has 13 heteroatoms. The number of ether oxygens (including phenoxy) is 1. The second-order valence-corrected chi connectivity index (χ2v) is 10.9. The van der Waals surface area contributed by atoms with E-state index in [9.17, 15) is 31.4 Å². The number of fused-ring (bicyclic) bond motifs is 1. The van der Waals surface area contributed by atoms with Gasteiger partial charge in [-0.1, -0.05) is 6.07 Å². The lowest BCUT2D eigenvalue weighted by Crippen LogP contribution is -2.51. The fourth-order valence-electron chi connectivity index (χ4n) is 5.72. The molecule has 0 spiro atoms. The summed E-state index contributed by atoms with van der Waals surface area (Å²) in [6.07, 6.45) is -6.41. The fraction of sp³-hybridized carbons (Fsp3) is 0.538. The number of rotatable bonds is 6. The van der Waals surface area contributed by atoms with Gasteiger partial charge in [-0.2, -0.15) is 17.6 Å². The number of pyridine rings is 1. The molecule has 2 N–H and O–H groups in total. The Morgan fingerprint density at radius 3 is 2.49 bits per heavy atom. The van der Waals surface area contributed by atoms with Gasteiger partial charge in [0, 0.05) is 36.7 Å². The summed E-state index contributed by atoms with van der Waals surface area (Å²) in [5.74, 6) is -1.36. The molecule has 2 fully saturated rings. The molecule has 5 rings (SSSR count). The van der Waals surface area contributed by atoms with Gasteiger partial charge in [-0.3, -0.25) is 9.67 Å². The Kier molecular flexibility index (Phi) is 6.81. The van der Waals surface area contributed by atoms with Gasteiger partial charge in [0.05, 0.1) is 28.1 Å². The van der Waals surface area contributed by atoms with E-state index >= 15 is 4.39 Å². The molecule has 39 heavy (non-hydrogen) atoms. The third kappa shape index (κ3) is 5.43. The number of aliphatic hydroxyl groups is 1. The summed E-state index contributed by atoms with van der Waals surface area (Å²) >= 11 is 0. The molecule has 3 heterocycles. The summed E-state index contributed by atoms with van der Waals surface area (Å²) in [6, 6.07) is 2.61. The zero-order valence-electron chi connectivity index (χ0n) is 21.1. The van der Waals surface area contributed by atoms with Crippen molar-refractivity contribution >= 4 is 10.9 Å². The highest BCUT2D eigenvalue weighted by molar-refractivity contribution is 5.85. The lowest BCUT2D eigenvalue weighted by Gasteiger charge is -2.41. The topological polar surface area (TPSA) is 72.2 Å². The molecule has 1 aliphatic carbocycles. The van der Waals surface area contributed by atoms with Crippen LogP contribution in [0.25, 0.3) is 10.9 Å². The molecule has 1 saturated carbocycles. The number of aromatic nitrogens is 3. The first-order valence-electron chi connectivity index (χ1n) is 12.5. The number of hydrogen-bond acceptors (Lipinski definition) is 5. The van der Waals surface area contributed by atoms with Crippen molar-refractivity contribution in [2.45, 2.75) is 81.5 Å². The highest BCUT2D eigenvalue weighted by atomic mass is 19.4. The number of piperidine rings is 1. The average molecular weight is 561 g/mol. The number of hydrogen-bond donors (Lipinski definition) is 2. The van der Waals surface area contributed by atoms with Gasteiger partial charge in [0.15, 0.2) is 0 Å². The minimum atomic E-state index is -4.85. The minimum absolute atomic E-state index is 0.0296. The molecule has 0 bridgehead atoms. The van der Waals surface area contributed by atoms with Crippen LogP contribution in [0.4, 0.5) is 30.7 Å². The van der Waals surface area contributed by atoms with Crippen LogP contribution in [-0.4, -0.2) is 44.2 Å². The van der Waals surface area contributed by atoms with Crippen LogP contribution in [0.5, 0.6) is 5.75 Å². The van der Waals surface area contributed by atoms with Gasteiger partial charge in [-0.15, -0.1) is 5.10 Å². The SMILES string of the molecule is CC1CC(F)(c2ccc(C(F)F)nc2)CC(COc2cc(C(F)(F)F)c3c(c2)c(F)nn3C2CC(C)(O)C2)N1. The van der Waals surface area contributed by atoms with E-state index in [1.54, 1.807) is 13.8 Å². The Morgan fingerprint density at radius 1 is 1.18 bits per heavy atom. The van der Waals surface area contributed by atoms with Gasteiger partial charge in [0.1, 0.15) is 23.7 Å². The molecule has 3 atom stereocenters. The van der Waals surface area contributed by atoms with Crippen molar-refractivity contribution in [2.75, 3.05) is 6.61 Å². The van der Waals surface area contributed by atoms with Crippen molar-refractivity contribution in [2.24, 2.45) is 0 Å². The molecule has 6 nitrogen and oxygen atoms in total. The molecule has 2 aliphatic rings. The second kappa shape index (κ2) is 9.61. The number of nitrogens with zero attached hydrogens (tertiary/aromatic N) is 3. The standard InChI is InChI=1S/C26H27F7N4O2/c1-13-7-25(30,14-3-4-20(22(27)28)34-11-14)8-15(35-13)12-39-17-5-18-21(19(6-17)26(31,32)33)37(36-23(18)29)16-9-24(2,38)10-16/h3-6,11,13,15-16,22,35,38H,7-10,12H2,1-2H3. The minimum Gasteiger partial charge on any atom is -0.492 e. The first kappa shape index (κ1) is 27.6. The maximum absolute atomic E-state index is 16.0. The lowest BCUT2D eigenvalue weighted by molar-refractivity contribution is -0.136. The molecule has 3 aromatic rings. The predicted molar refractivity (Wildman–Crippen MR) is 127 cm³/mol. The van der Waals surface area contributed by atoms with Gasteiger partial charge in [-0.05, 0) is 44.9 Å². The largest absolute Gasteiger partial charge is 0.492 e. The summed E-state index contributed by atoms with van der Waals surface area (Å²) < 4.78 is 105. The zero-order chi connectivity index (χ0) is 28.3. The highest BCUT2D eigenvalue weighted by Gasteiger charge is 2.44. The number of halogens is 7. The van der Waals surface area contributed by atoms with Crippen LogP contribution >= 0.6 is 0 Å². The Morgan fingerprint density at radius 2 is 1.90 bits per heavy atom. The van der Waals surface area contributed by atoms with E-state index in [4.69, 9.17) is 4.74 Å². The molecule has 212 valence electrons. The fourth-order valence-corrected chi connectivity index (χ4v) is 5.72. The van der Waals surface area contributed by atoms with Gasteiger partial charge >= 0.3 is 6.18 Å². The number of alkyl halides is 6. The van der Waals surface area contributed by atoms with E-state index in [1.165, 1.54) is 6.07 Å². The monoisotopic (exact) mass is 560 g/mol. The highest BCUT2D eigenvalue weighted by Crippen LogP contribution is 2.46. The van der Waals surface area contributed by atoms with Crippen LogP contribution < -0.4 is 10.1 Å². The lowest BCUT2D eigenvalue weighted by atomic mass is 9.77. The van der Waals surface area contributed by atoms with Gasteiger partial charge < -0.3 is 15.2 Å². The van der Waals surface area contributed by atoms with Gasteiger partial charge in [-0.25, -0.2) is 13.2 Å². The maximum atomic E-state index is 16.0. The molecular formula is C26H27F7N4O2. The third-order valence-corrected chi connectivity index (χ3v) is 7.43. The Bertz CT molecular complexity index is 1350. The summed E-state index contributed by atoms with van der Waals surface area (Å²) in [5.41, 5.74) is -4.90. The van der Waals surface area contributed by atoms with Crippen molar-refractivity contribution in [1.29, 1.82) is 0 Å². The maximum Gasteiger partial charge on any atom is 0.418 e. The summed E-state index contributed by atoms with van der Waals surface area (Å²) in [4.78, 5) is 3.64. The van der Waals surface area contributed by atoms with Crippen molar-refractivity contribution in [3.05, 3.63) is 53.2 Å². The molecule has 1 aromatic carbocycles. The van der Waals surface area contributed by atoms with E-state index in [0.717, 1.165) is 29.1 Å². The van der Waals surface area contributed by atoms with Crippen molar-refractivity contribution in [3.63, 3.8) is 0 Å². The Hall–Kier alpha value is -2.93. The number of nitrogens with one attached hydrogen (secondary N) is 1. The van der Waals surface area contributed by atoms with Gasteiger partial charge in [0.25, 0.3) is 6.43 Å². The van der Waals surface area contributed by atoms with Crippen LogP contribution in [0.2, 0.25) is 0 Å². The van der Waals surface area contributed by atoms with Crippen LogP contribution in [0.1, 0.15) is 68.8 Å². The van der Waals surface area contributed by atoms with Crippen LogP contribution in [0, 0.1) is 5.95 Å². The molecule has 2 aromatic heterocycles. The predicted octanol–water partition coefficient (Wildman–Crippen LogP) is 6.00. The second-order valence-electron chi connectivity index (χ2n) is 10.9. The molecule has 0 radical (unpaired) electrons. The average Bonchev–Trinajstić information content (AvgIpc) is 3.15.